The number of quaternary nitrogens is 1. The number of likely N-dealkylation sites (N-methyl/N-ethyl adjacent to an activating group) is 1. The van der Waals surface area contributed by atoms with Gasteiger partial charge in [0.15, 0.2) is 6.10 Å². The molecule has 0 aromatic carbocycles. The molecule has 0 aliphatic carbocycles. The van der Waals surface area contributed by atoms with E-state index in [1.807, 2.05) is 21.1 Å². The van der Waals surface area contributed by atoms with Crippen LogP contribution in [0.1, 0.15) is 200 Å². The molecule has 10 heteroatoms. The smallest absolute Gasteiger partial charge is 0.462 e. The van der Waals surface area contributed by atoms with E-state index >= 15 is 0 Å². The SMILES string of the molecule is CC/C=C\C/C=C\C/C=C\CCCCCCCCCC(=O)OC(COC(=O)CCCCCCCCC/C=C\CCCCCCCCC)COP(=O)(O)OCC[N+](C)(C)C. The summed E-state index contributed by atoms with van der Waals surface area (Å²) in [6.07, 6.45) is 48.7. The van der Waals surface area contributed by atoms with Crippen molar-refractivity contribution in [2.24, 2.45) is 0 Å². The number of hydrogen-bond donors (Lipinski definition) is 1. The number of unbranched alkanes of at least 4 members (excludes halogenated alkanes) is 21. The summed E-state index contributed by atoms with van der Waals surface area (Å²) < 4.78 is 34.4. The normalized spacial score (nSPS) is 13.9. The zero-order valence-electron chi connectivity index (χ0n) is 38.7. The molecule has 0 heterocycles. The molecule has 2 unspecified atom stereocenters. The van der Waals surface area contributed by atoms with Crippen LogP contribution in [0.2, 0.25) is 0 Å². The lowest BCUT2D eigenvalue weighted by Crippen LogP contribution is -2.37. The molecular weight excluding hydrogens is 762 g/mol. The Bertz CT molecular complexity index is 1150. The monoisotopic (exact) mass is 853 g/mol. The second-order valence-electron chi connectivity index (χ2n) is 17.1. The summed E-state index contributed by atoms with van der Waals surface area (Å²) in [5.74, 6) is -0.813. The summed E-state index contributed by atoms with van der Waals surface area (Å²) in [7, 11) is 1.46. The average Bonchev–Trinajstić information content (AvgIpc) is 3.19. The predicted molar refractivity (Wildman–Crippen MR) is 247 cm³/mol. The van der Waals surface area contributed by atoms with E-state index in [0.717, 1.165) is 64.2 Å². The molecule has 9 nitrogen and oxygen atoms in total. The third kappa shape index (κ3) is 45.3. The predicted octanol–water partition coefficient (Wildman–Crippen LogP) is 13.9. The quantitative estimate of drug-likeness (QED) is 0.0212. The van der Waals surface area contributed by atoms with Gasteiger partial charge < -0.3 is 18.9 Å². The maximum atomic E-state index is 12.7. The van der Waals surface area contributed by atoms with Crippen LogP contribution in [0.4, 0.5) is 0 Å². The number of phosphoric ester groups is 1. The number of rotatable bonds is 43. The molecule has 0 aromatic heterocycles. The van der Waals surface area contributed by atoms with Crippen LogP contribution in [0.3, 0.4) is 0 Å². The third-order valence-corrected chi connectivity index (χ3v) is 11.1. The molecule has 0 bridgehead atoms. The molecule has 0 aliphatic heterocycles. The van der Waals surface area contributed by atoms with Crippen molar-refractivity contribution < 1.29 is 42.1 Å². The van der Waals surface area contributed by atoms with Crippen LogP contribution in [0.5, 0.6) is 0 Å². The van der Waals surface area contributed by atoms with E-state index in [-0.39, 0.29) is 32.0 Å². The molecule has 0 saturated carbocycles. The van der Waals surface area contributed by atoms with Gasteiger partial charge in [-0.15, -0.1) is 0 Å². The van der Waals surface area contributed by atoms with Crippen LogP contribution in [0.15, 0.2) is 48.6 Å². The third-order valence-electron chi connectivity index (χ3n) is 10.1. The summed E-state index contributed by atoms with van der Waals surface area (Å²) in [4.78, 5) is 35.5. The number of carbonyl (C=O) groups is 2. The number of carbonyl (C=O) groups excluding carboxylic acids is 2. The first kappa shape index (κ1) is 57.0. The van der Waals surface area contributed by atoms with Crippen molar-refractivity contribution >= 4 is 19.8 Å². The Labute approximate surface area is 363 Å². The molecule has 0 aromatic rings. The Morgan fingerprint density at radius 2 is 0.966 bits per heavy atom. The molecule has 59 heavy (non-hydrogen) atoms. The van der Waals surface area contributed by atoms with Crippen LogP contribution in [-0.2, 0) is 32.7 Å². The molecule has 0 amide bonds. The van der Waals surface area contributed by atoms with Crippen LogP contribution in [-0.4, -0.2) is 74.9 Å². The van der Waals surface area contributed by atoms with E-state index in [0.29, 0.717) is 17.4 Å². The molecular formula is C49H91NO8P+. The first-order valence-corrected chi connectivity index (χ1v) is 25.4. The van der Waals surface area contributed by atoms with Gasteiger partial charge in [0.25, 0.3) is 0 Å². The fourth-order valence-corrected chi connectivity index (χ4v) is 7.12. The van der Waals surface area contributed by atoms with E-state index in [9.17, 15) is 19.0 Å². The number of phosphoric acid groups is 1. The van der Waals surface area contributed by atoms with E-state index in [1.54, 1.807) is 0 Å². The molecule has 1 N–H and O–H groups in total. The summed E-state index contributed by atoms with van der Waals surface area (Å²) in [5.41, 5.74) is 0. The van der Waals surface area contributed by atoms with Gasteiger partial charge in [0.05, 0.1) is 27.7 Å². The van der Waals surface area contributed by atoms with Gasteiger partial charge in [-0.2, -0.15) is 0 Å². The lowest BCUT2D eigenvalue weighted by molar-refractivity contribution is -0.870. The number of esters is 2. The molecule has 0 saturated heterocycles. The highest BCUT2D eigenvalue weighted by Gasteiger charge is 2.27. The van der Waals surface area contributed by atoms with Gasteiger partial charge in [-0.05, 0) is 70.6 Å². The average molecular weight is 853 g/mol. The number of nitrogens with zero attached hydrogens (tertiary/aromatic N) is 1. The van der Waals surface area contributed by atoms with E-state index in [2.05, 4.69) is 62.5 Å². The Kier molecular flexibility index (Phi) is 39.9. The topological polar surface area (TPSA) is 108 Å². The molecule has 0 fully saturated rings. The molecule has 2 atom stereocenters. The first-order valence-electron chi connectivity index (χ1n) is 23.9. The Balaban J connectivity index is 4.32. The minimum atomic E-state index is -4.38. The second-order valence-corrected chi connectivity index (χ2v) is 18.6. The largest absolute Gasteiger partial charge is 0.472 e. The summed E-state index contributed by atoms with van der Waals surface area (Å²) >= 11 is 0. The van der Waals surface area contributed by atoms with Crippen molar-refractivity contribution in [3.05, 3.63) is 48.6 Å². The van der Waals surface area contributed by atoms with Crippen molar-refractivity contribution in [2.45, 2.75) is 206 Å². The van der Waals surface area contributed by atoms with Crippen LogP contribution < -0.4 is 0 Å². The second kappa shape index (κ2) is 41.3. The van der Waals surface area contributed by atoms with Gasteiger partial charge in [0, 0.05) is 12.8 Å². The summed E-state index contributed by atoms with van der Waals surface area (Å²) in [6.45, 7) is 4.30. The van der Waals surface area contributed by atoms with Gasteiger partial charge in [-0.1, -0.05) is 165 Å². The summed E-state index contributed by atoms with van der Waals surface area (Å²) in [5, 5.41) is 0. The maximum absolute atomic E-state index is 12.7. The zero-order valence-corrected chi connectivity index (χ0v) is 39.6. The molecule has 0 spiro atoms. The van der Waals surface area contributed by atoms with Crippen molar-refractivity contribution in [3.8, 4) is 0 Å². The zero-order chi connectivity index (χ0) is 43.6. The van der Waals surface area contributed by atoms with Gasteiger partial charge in [0.1, 0.15) is 19.8 Å². The lowest BCUT2D eigenvalue weighted by atomic mass is 10.1. The number of allylic oxidation sites excluding steroid dienone is 8. The van der Waals surface area contributed by atoms with Crippen molar-refractivity contribution in [3.63, 3.8) is 0 Å². The lowest BCUT2D eigenvalue weighted by Gasteiger charge is -2.24. The molecule has 344 valence electrons. The van der Waals surface area contributed by atoms with Crippen molar-refractivity contribution in [2.75, 3.05) is 47.5 Å². The Morgan fingerprint density at radius 3 is 1.46 bits per heavy atom. The number of ether oxygens (including phenoxy) is 2. The van der Waals surface area contributed by atoms with E-state index in [4.69, 9.17) is 18.5 Å². The highest BCUT2D eigenvalue weighted by molar-refractivity contribution is 7.47. The molecule has 0 radical (unpaired) electrons. The fourth-order valence-electron chi connectivity index (χ4n) is 6.38. The van der Waals surface area contributed by atoms with Crippen LogP contribution in [0, 0.1) is 0 Å². The minimum Gasteiger partial charge on any atom is -0.462 e. The Morgan fingerprint density at radius 1 is 0.542 bits per heavy atom. The van der Waals surface area contributed by atoms with Crippen LogP contribution in [0.25, 0.3) is 0 Å². The van der Waals surface area contributed by atoms with Crippen molar-refractivity contribution in [1.29, 1.82) is 0 Å². The summed E-state index contributed by atoms with van der Waals surface area (Å²) in [6, 6.07) is 0. The van der Waals surface area contributed by atoms with E-state index in [1.165, 1.54) is 103 Å². The van der Waals surface area contributed by atoms with E-state index < -0.39 is 26.5 Å². The minimum absolute atomic E-state index is 0.0277. The van der Waals surface area contributed by atoms with Gasteiger partial charge in [-0.3, -0.25) is 18.6 Å². The first-order chi connectivity index (χ1) is 28.5. The van der Waals surface area contributed by atoms with Gasteiger partial charge in [0.2, 0.25) is 0 Å². The highest BCUT2D eigenvalue weighted by atomic mass is 31.2. The standard InChI is InChI=1S/C49H90NO8P/c1-6-8-10-12-14-16-18-20-22-24-26-27-29-31-33-35-37-39-41-48(51)55-45-47(46-57-59(53,54)56-44-43-50(3,4)5)58-49(52)42-40-38-36-34-32-30-28-25-23-21-19-17-15-13-11-9-7-2/h9,11,15,17,21-24,47H,6-8,10,12-14,16,18-20,25-46H2,1-5H3/p+1/b11-9-,17-15-,23-21-,24-22-. The van der Waals surface area contributed by atoms with Crippen molar-refractivity contribution in [1.82, 2.24) is 0 Å². The molecule has 0 aliphatic rings. The fraction of sp³-hybridized carbons (Fsp3) is 0.796. The molecule has 0 rings (SSSR count). The Hall–Kier alpha value is -2.03. The maximum Gasteiger partial charge on any atom is 0.472 e. The van der Waals surface area contributed by atoms with Gasteiger partial charge in [-0.25, -0.2) is 4.57 Å². The van der Waals surface area contributed by atoms with Gasteiger partial charge >= 0.3 is 19.8 Å². The highest BCUT2D eigenvalue weighted by Crippen LogP contribution is 2.43. The van der Waals surface area contributed by atoms with Crippen LogP contribution >= 0.6 is 7.82 Å². The number of hydrogen-bond acceptors (Lipinski definition) is 7.